The first-order chi connectivity index (χ1) is 22.3. The summed E-state index contributed by atoms with van der Waals surface area (Å²) in [6.45, 7) is 9.13. The van der Waals surface area contributed by atoms with Gasteiger partial charge in [0, 0.05) is 40.2 Å². The minimum absolute atomic E-state index is 0. The molecule has 2 aliphatic heterocycles. The van der Waals surface area contributed by atoms with E-state index in [-0.39, 0.29) is 64.5 Å². The summed E-state index contributed by atoms with van der Waals surface area (Å²) in [6.07, 6.45) is 26.7. The quantitative estimate of drug-likeness (QED) is 0.0290. The summed E-state index contributed by atoms with van der Waals surface area (Å²) in [6, 6.07) is 0. The maximum atomic E-state index is 11.7. The summed E-state index contributed by atoms with van der Waals surface area (Å²) in [4.78, 5) is 13.2. The Labute approximate surface area is 345 Å². The van der Waals surface area contributed by atoms with Crippen LogP contribution in [-0.4, -0.2) is 72.5 Å². The third kappa shape index (κ3) is 33.2. The number of hydrogen-bond acceptors (Lipinski definition) is 5. The Hall–Kier alpha value is 2.66. The molecule has 4 atom stereocenters. The number of allylic oxidation sites excluding steroid dienone is 1. The molecule has 0 aromatic carbocycles. The number of carbonyl (C=O) groups excluding carboxylic acids is 1. The van der Waals surface area contributed by atoms with E-state index in [2.05, 4.69) is 49.4 Å². The second-order valence-corrected chi connectivity index (χ2v) is 57.9. The van der Waals surface area contributed by atoms with E-state index >= 15 is 0 Å². The van der Waals surface area contributed by atoms with Gasteiger partial charge in [0.25, 0.3) is 5.91 Å². The molecule has 0 bridgehead atoms. The second-order valence-electron chi connectivity index (χ2n) is 12.6. The SMILES string of the molecule is CCCCB1O[C@@H](C)[C@H](C(=O)N(C)C)O1.CCCCCCCC/C=C\CO.CCCCCCCC[C@H]1C[C@H]1CO.IC[I-]I1C[IH]1.[CH3-].[Zn]. The molecule has 48 heavy (non-hydrogen) atoms. The standard InChI is InChI=1S/C12H24O.C11H22O.C10H20BNO3.C2H5I4.CH3.Zn/c1-2-3-4-5-6-7-8-11-9-12(11)10-13;1-2-3-4-5-6-7-8-9-10-11-12;1-5-6-7-11-14-8(2)9(15-11)10(13)12(3)4;3-1-4-6-2-5-6;;/h11-13H,2-10H2,1H3;9-10,12H,2-8,11H2,1H3;8-9H,5-7H2,1-4H3;5H,1-2H2;1H3;/q;;;2*-1;/b;10-9-;;;;/t11-,12-;;8-,9+;;;/m0.0.../s1. The van der Waals surface area contributed by atoms with Gasteiger partial charge in [0.2, 0.25) is 0 Å². The van der Waals surface area contributed by atoms with Gasteiger partial charge in [-0.25, -0.2) is 0 Å². The molecule has 3 fully saturated rings. The zero-order chi connectivity index (χ0) is 34.4. The van der Waals surface area contributed by atoms with Crippen LogP contribution in [0.4, 0.5) is 0 Å². The molecule has 2 heterocycles. The van der Waals surface area contributed by atoms with Gasteiger partial charge in [0.15, 0.2) is 0 Å². The molecule has 0 unspecified atom stereocenters. The zero-order valence-corrected chi connectivity index (χ0v) is 43.7. The van der Waals surface area contributed by atoms with Gasteiger partial charge in [-0.1, -0.05) is 123 Å². The van der Waals surface area contributed by atoms with Crippen molar-refractivity contribution in [2.75, 3.05) is 32.2 Å². The van der Waals surface area contributed by atoms with Crippen LogP contribution in [0.2, 0.25) is 6.32 Å². The largest absolute Gasteiger partial charge is 0.358 e. The van der Waals surface area contributed by atoms with Crippen LogP contribution in [0.3, 0.4) is 0 Å². The van der Waals surface area contributed by atoms with Crippen molar-refractivity contribution in [1.29, 1.82) is 0 Å². The van der Waals surface area contributed by atoms with E-state index in [1.54, 1.807) is 21.4 Å². The van der Waals surface area contributed by atoms with Crippen molar-refractivity contribution in [3.8, 4) is 0 Å². The summed E-state index contributed by atoms with van der Waals surface area (Å²) in [5, 5.41) is 17.3. The minimum atomic E-state index is -0.429. The number of likely N-dealkylation sites (N-methyl/N-ethyl adjacent to an activating group) is 1. The third-order valence-electron chi connectivity index (χ3n) is 8.14. The molecule has 3 rings (SSSR count). The first-order valence-electron chi connectivity index (χ1n) is 18.1. The number of carbonyl (C=O) groups is 1. The fourth-order valence-electron chi connectivity index (χ4n) is 5.06. The number of halogens is 4. The molecule has 12 heteroatoms. The van der Waals surface area contributed by atoms with Crippen molar-refractivity contribution < 1.29 is 61.0 Å². The molecule has 2 saturated heterocycles. The molecule has 0 radical (unpaired) electrons. The van der Waals surface area contributed by atoms with E-state index in [1.165, 1.54) is 89.9 Å². The van der Waals surface area contributed by atoms with E-state index in [0.29, 0.717) is 12.5 Å². The number of aliphatic hydroxyl groups is 2. The molecule has 6 nitrogen and oxygen atoms in total. The Kier molecular flexibility index (Phi) is 45.1. The number of nitrogens with zero attached hydrogens (tertiary/aromatic N) is 1. The average molecular weight is 1180 g/mol. The van der Waals surface area contributed by atoms with Crippen LogP contribution in [0.25, 0.3) is 0 Å². The monoisotopic (exact) mass is 1180 g/mol. The van der Waals surface area contributed by atoms with Crippen LogP contribution in [-0.2, 0) is 33.6 Å². The molecular formula is C36H74BI4NO5Zn-2. The molecule has 1 saturated carbocycles. The van der Waals surface area contributed by atoms with Gasteiger partial charge < -0.3 is 31.8 Å². The normalized spacial score (nSPS) is 21.3. The zero-order valence-electron chi connectivity index (χ0n) is 31.9. The van der Waals surface area contributed by atoms with Gasteiger partial charge >= 0.3 is 80.9 Å². The molecule has 0 aromatic heterocycles. The second kappa shape index (κ2) is 39.4. The Bertz CT molecular complexity index is 728. The van der Waals surface area contributed by atoms with E-state index < -0.39 is 6.10 Å². The molecule has 1 aliphatic carbocycles. The Morgan fingerprint density at radius 2 is 1.48 bits per heavy atom. The van der Waals surface area contributed by atoms with Crippen molar-refractivity contribution in [3.05, 3.63) is 19.6 Å². The summed E-state index contributed by atoms with van der Waals surface area (Å²) < 4.78 is 14.6. The van der Waals surface area contributed by atoms with Gasteiger partial charge in [-0.05, 0) is 44.3 Å². The van der Waals surface area contributed by atoms with Crippen LogP contribution < -0.4 is 17.2 Å². The Morgan fingerprint density at radius 1 is 0.917 bits per heavy atom. The van der Waals surface area contributed by atoms with Crippen LogP contribution in [0.5, 0.6) is 0 Å². The number of aliphatic hydroxyl groups excluding tert-OH is 2. The van der Waals surface area contributed by atoms with Crippen molar-refractivity contribution in [3.63, 3.8) is 0 Å². The summed E-state index contributed by atoms with van der Waals surface area (Å²) in [7, 11) is 3.27. The van der Waals surface area contributed by atoms with Gasteiger partial charge in [-0.15, -0.1) is 0 Å². The van der Waals surface area contributed by atoms with Crippen LogP contribution in [0.1, 0.15) is 137 Å². The van der Waals surface area contributed by atoms with Crippen molar-refractivity contribution >= 4 is 64.7 Å². The number of amides is 1. The van der Waals surface area contributed by atoms with E-state index in [4.69, 9.17) is 19.5 Å². The maximum absolute atomic E-state index is 11.7. The first-order valence-corrected chi connectivity index (χ1v) is 37.4. The molecule has 1 amide bonds. The van der Waals surface area contributed by atoms with Crippen LogP contribution in [0, 0.1) is 19.3 Å². The molecular weight excluding hydrogens is 1110 g/mol. The van der Waals surface area contributed by atoms with E-state index in [1.807, 2.05) is 15.4 Å². The Balaban J connectivity index is -0.000000573. The van der Waals surface area contributed by atoms with E-state index in [0.717, 1.165) is 66.0 Å². The number of alkyl halides is 4. The fraction of sp³-hybridized carbons (Fsp3) is 0.889. The maximum Gasteiger partial charge on any atom is 0 e. The number of unbranched alkanes of at least 4 members (excludes halogenated alkanes) is 12. The number of hydrogen-bond donors (Lipinski definition) is 2. The third-order valence-corrected chi connectivity index (χ3v) is 64.8. The fourth-order valence-corrected chi connectivity index (χ4v) is 93.8. The average Bonchev–Trinajstić information content (AvgIpc) is 3.98. The van der Waals surface area contributed by atoms with Crippen molar-refractivity contribution in [2.24, 2.45) is 11.8 Å². The summed E-state index contributed by atoms with van der Waals surface area (Å²) >= 11 is 4.44. The minimum Gasteiger partial charge on any atom is -0.358 e. The summed E-state index contributed by atoms with van der Waals surface area (Å²) in [5.74, 6) is 1.55. The molecule has 2 N–H and O–H groups in total. The van der Waals surface area contributed by atoms with Gasteiger partial charge in [-0.3, -0.25) is 4.79 Å². The summed E-state index contributed by atoms with van der Waals surface area (Å²) in [5.41, 5.74) is 0. The topological polar surface area (TPSA) is 79.2 Å². The predicted octanol–water partition coefficient (Wildman–Crippen LogP) is 7.74. The van der Waals surface area contributed by atoms with Crippen LogP contribution >= 0.6 is 51.7 Å². The number of rotatable bonds is 22. The van der Waals surface area contributed by atoms with Crippen molar-refractivity contribution in [1.82, 2.24) is 4.90 Å². The molecule has 0 aromatic rings. The van der Waals surface area contributed by atoms with E-state index in [9.17, 15) is 4.79 Å². The first kappa shape index (κ1) is 55.0. The molecule has 3 aliphatic rings. The van der Waals surface area contributed by atoms with Crippen LogP contribution in [0.15, 0.2) is 12.2 Å². The smallest absolute Gasteiger partial charge is 0 e. The van der Waals surface area contributed by atoms with Gasteiger partial charge in [-0.2, -0.15) is 0 Å². The Morgan fingerprint density at radius 3 is 1.94 bits per heavy atom. The van der Waals surface area contributed by atoms with Gasteiger partial charge in [0.1, 0.15) is 6.10 Å². The molecule has 288 valence electrons. The van der Waals surface area contributed by atoms with Gasteiger partial charge in [0.05, 0.1) is 12.7 Å². The predicted molar refractivity (Wildman–Crippen MR) is 230 cm³/mol. The van der Waals surface area contributed by atoms with Crippen molar-refractivity contribution in [2.45, 2.75) is 155 Å². The molecule has 0 spiro atoms.